The average Bonchev–Trinajstić information content (AvgIpc) is 2.90. The third-order valence-electron chi connectivity index (χ3n) is 2.63. The van der Waals surface area contributed by atoms with Crippen LogP contribution in [0, 0.1) is 0 Å². The van der Waals surface area contributed by atoms with Gasteiger partial charge in [0.2, 0.25) is 0 Å². The molecule has 0 aliphatic rings. The Bertz CT molecular complexity index is 569. The van der Waals surface area contributed by atoms with E-state index in [1.54, 1.807) is 17.4 Å². The van der Waals surface area contributed by atoms with Gasteiger partial charge in [0.1, 0.15) is 11.4 Å². The summed E-state index contributed by atoms with van der Waals surface area (Å²) in [5.74, 6) is 0.127. The minimum atomic E-state index is -0.437. The Morgan fingerprint density at radius 2 is 2.37 bits per heavy atom. The smallest absolute Gasteiger partial charge is 0.341 e. The number of hydrogen-bond acceptors (Lipinski definition) is 6. The van der Waals surface area contributed by atoms with Crippen molar-refractivity contribution in [3.8, 4) is 0 Å². The Morgan fingerprint density at radius 3 is 3.00 bits per heavy atom. The number of ether oxygens (including phenoxy) is 1. The zero-order valence-corrected chi connectivity index (χ0v) is 11.6. The van der Waals surface area contributed by atoms with Gasteiger partial charge in [0.25, 0.3) is 0 Å². The second-order valence-electron chi connectivity index (χ2n) is 4.07. The molecule has 2 N–H and O–H groups in total. The summed E-state index contributed by atoms with van der Waals surface area (Å²) in [6.07, 6.45) is 1.53. The number of rotatable bonds is 4. The molecule has 2 aromatic heterocycles. The summed E-state index contributed by atoms with van der Waals surface area (Å²) in [7, 11) is 3.22. The quantitative estimate of drug-likeness (QED) is 0.867. The number of nitrogens with two attached hydrogens (primary N) is 1. The van der Waals surface area contributed by atoms with Crippen molar-refractivity contribution in [3.05, 3.63) is 40.2 Å². The molecular formula is C13H15N3O2S. The zero-order valence-electron chi connectivity index (χ0n) is 10.8. The lowest BCUT2D eigenvalue weighted by atomic mass is 10.2. The summed E-state index contributed by atoms with van der Waals surface area (Å²) >= 11 is 1.66. The Morgan fingerprint density at radius 1 is 1.58 bits per heavy atom. The van der Waals surface area contributed by atoms with Gasteiger partial charge in [0.15, 0.2) is 0 Å². The second kappa shape index (κ2) is 5.71. The van der Waals surface area contributed by atoms with Gasteiger partial charge in [-0.1, -0.05) is 6.07 Å². The Hall–Kier alpha value is -2.08. The van der Waals surface area contributed by atoms with Gasteiger partial charge < -0.3 is 15.4 Å². The maximum Gasteiger partial charge on any atom is 0.341 e. The molecule has 0 saturated heterocycles. The number of pyridine rings is 1. The predicted molar refractivity (Wildman–Crippen MR) is 76.4 cm³/mol. The van der Waals surface area contributed by atoms with E-state index in [2.05, 4.69) is 4.98 Å². The largest absolute Gasteiger partial charge is 0.465 e. The van der Waals surface area contributed by atoms with Crippen LogP contribution in [0.2, 0.25) is 0 Å². The van der Waals surface area contributed by atoms with Crippen molar-refractivity contribution in [2.45, 2.75) is 6.54 Å². The Balaban J connectivity index is 2.30. The van der Waals surface area contributed by atoms with E-state index in [1.807, 2.05) is 29.5 Å². The van der Waals surface area contributed by atoms with Gasteiger partial charge in [-0.25, -0.2) is 9.78 Å². The van der Waals surface area contributed by atoms with Gasteiger partial charge in [-0.15, -0.1) is 11.3 Å². The highest BCUT2D eigenvalue weighted by molar-refractivity contribution is 7.09. The SMILES string of the molecule is COC(=O)c1cc(N)cnc1N(C)Cc1cccs1. The lowest BCUT2D eigenvalue weighted by Gasteiger charge is -2.19. The van der Waals surface area contributed by atoms with Crippen molar-refractivity contribution in [2.24, 2.45) is 0 Å². The van der Waals surface area contributed by atoms with Crippen molar-refractivity contribution in [3.63, 3.8) is 0 Å². The van der Waals surface area contributed by atoms with Crippen molar-refractivity contribution < 1.29 is 9.53 Å². The Kier molecular flexibility index (Phi) is 4.01. The molecule has 0 bridgehead atoms. The third kappa shape index (κ3) is 3.03. The second-order valence-corrected chi connectivity index (χ2v) is 5.10. The van der Waals surface area contributed by atoms with Crippen molar-refractivity contribution in [1.29, 1.82) is 0 Å². The minimum Gasteiger partial charge on any atom is -0.465 e. The molecule has 100 valence electrons. The lowest BCUT2D eigenvalue weighted by molar-refractivity contribution is 0.0601. The summed E-state index contributed by atoms with van der Waals surface area (Å²) in [5.41, 5.74) is 6.48. The van der Waals surface area contributed by atoms with Crippen LogP contribution in [0.15, 0.2) is 29.8 Å². The first-order valence-electron chi connectivity index (χ1n) is 5.69. The number of carbonyl (C=O) groups excluding carboxylic acids is 1. The van der Waals surface area contributed by atoms with Gasteiger partial charge >= 0.3 is 5.97 Å². The topological polar surface area (TPSA) is 68.5 Å². The molecule has 2 heterocycles. The van der Waals surface area contributed by atoms with E-state index in [9.17, 15) is 4.79 Å². The summed E-state index contributed by atoms with van der Waals surface area (Å²) < 4.78 is 4.76. The molecule has 0 aromatic carbocycles. The number of hydrogen-bond donors (Lipinski definition) is 1. The molecule has 19 heavy (non-hydrogen) atoms. The van der Waals surface area contributed by atoms with Gasteiger partial charge in [0, 0.05) is 11.9 Å². The van der Waals surface area contributed by atoms with Gasteiger partial charge in [-0.3, -0.25) is 0 Å². The van der Waals surface area contributed by atoms with Gasteiger partial charge in [0.05, 0.1) is 25.5 Å². The number of carbonyl (C=O) groups is 1. The van der Waals surface area contributed by atoms with Crippen molar-refractivity contribution >= 4 is 28.8 Å². The van der Waals surface area contributed by atoms with E-state index in [0.717, 1.165) is 0 Å². The van der Waals surface area contributed by atoms with Gasteiger partial charge in [-0.2, -0.15) is 0 Å². The lowest BCUT2D eigenvalue weighted by Crippen LogP contribution is -2.21. The molecule has 2 aromatic rings. The predicted octanol–water partition coefficient (Wildman–Crippen LogP) is 2.15. The number of anilines is 2. The van der Waals surface area contributed by atoms with E-state index < -0.39 is 5.97 Å². The number of nitrogen functional groups attached to an aromatic ring is 1. The van der Waals surface area contributed by atoms with Crippen LogP contribution in [0.25, 0.3) is 0 Å². The van der Waals surface area contributed by atoms with Crippen LogP contribution in [-0.2, 0) is 11.3 Å². The molecule has 0 aliphatic carbocycles. The van der Waals surface area contributed by atoms with E-state index >= 15 is 0 Å². The summed E-state index contributed by atoms with van der Waals surface area (Å²) in [6.45, 7) is 0.679. The highest BCUT2D eigenvalue weighted by atomic mass is 32.1. The van der Waals surface area contributed by atoms with Gasteiger partial charge in [-0.05, 0) is 17.5 Å². The van der Waals surface area contributed by atoms with Crippen LogP contribution in [0.4, 0.5) is 11.5 Å². The molecule has 0 fully saturated rings. The molecule has 6 heteroatoms. The van der Waals surface area contributed by atoms with Crippen molar-refractivity contribution in [1.82, 2.24) is 4.98 Å². The van der Waals surface area contributed by atoms with Crippen LogP contribution in [-0.4, -0.2) is 25.1 Å². The maximum atomic E-state index is 11.8. The monoisotopic (exact) mass is 277 g/mol. The van der Waals surface area contributed by atoms with E-state index in [-0.39, 0.29) is 0 Å². The van der Waals surface area contributed by atoms with Crippen LogP contribution < -0.4 is 10.6 Å². The minimum absolute atomic E-state index is 0.376. The summed E-state index contributed by atoms with van der Waals surface area (Å²) in [5, 5.41) is 2.01. The van der Waals surface area contributed by atoms with Crippen LogP contribution in [0.5, 0.6) is 0 Å². The molecular weight excluding hydrogens is 262 g/mol. The molecule has 0 amide bonds. The number of thiophene rings is 1. The van der Waals surface area contributed by atoms with E-state index in [0.29, 0.717) is 23.6 Å². The summed E-state index contributed by atoms with van der Waals surface area (Å²) in [6, 6.07) is 5.61. The standard InChI is InChI=1S/C13H15N3O2S/c1-16(8-10-4-3-5-19-10)12-11(13(17)18-2)6-9(14)7-15-12/h3-7H,8,14H2,1-2H3. The summed E-state index contributed by atoms with van der Waals surface area (Å²) in [4.78, 5) is 19.1. The van der Waals surface area contributed by atoms with Crippen LogP contribution in [0.3, 0.4) is 0 Å². The normalized spacial score (nSPS) is 10.2. The van der Waals surface area contributed by atoms with Crippen LogP contribution in [0.1, 0.15) is 15.2 Å². The maximum absolute atomic E-state index is 11.8. The molecule has 0 spiro atoms. The zero-order chi connectivity index (χ0) is 13.8. The molecule has 5 nitrogen and oxygen atoms in total. The molecule has 0 unspecified atom stereocenters. The highest BCUT2D eigenvalue weighted by Gasteiger charge is 2.17. The fourth-order valence-corrected chi connectivity index (χ4v) is 2.51. The molecule has 0 atom stereocenters. The average molecular weight is 277 g/mol. The molecule has 0 radical (unpaired) electrons. The fraction of sp³-hybridized carbons (Fsp3) is 0.231. The van der Waals surface area contributed by atoms with Crippen molar-refractivity contribution in [2.75, 3.05) is 24.8 Å². The number of aromatic nitrogens is 1. The third-order valence-corrected chi connectivity index (χ3v) is 3.49. The van der Waals surface area contributed by atoms with E-state index in [4.69, 9.17) is 10.5 Å². The number of nitrogens with zero attached hydrogens (tertiary/aromatic N) is 2. The Labute approximate surface area is 115 Å². The first kappa shape index (κ1) is 13.4. The highest BCUT2D eigenvalue weighted by Crippen LogP contribution is 2.22. The molecule has 0 saturated carbocycles. The molecule has 0 aliphatic heterocycles. The number of esters is 1. The number of methoxy groups -OCH3 is 1. The van der Waals surface area contributed by atoms with E-state index in [1.165, 1.54) is 18.2 Å². The first-order valence-corrected chi connectivity index (χ1v) is 6.57. The molecule has 2 rings (SSSR count). The fourth-order valence-electron chi connectivity index (χ4n) is 1.75. The van der Waals surface area contributed by atoms with Crippen LogP contribution >= 0.6 is 11.3 Å². The first-order chi connectivity index (χ1) is 9.11.